The summed E-state index contributed by atoms with van der Waals surface area (Å²) in [4.78, 5) is 13.6. The minimum Gasteiger partial charge on any atom is -0.356 e. The van der Waals surface area contributed by atoms with Gasteiger partial charge in [-0.2, -0.15) is 10.5 Å². The lowest BCUT2D eigenvalue weighted by Crippen LogP contribution is -2.46. The Kier molecular flexibility index (Phi) is 6.27. The van der Waals surface area contributed by atoms with Crippen molar-refractivity contribution in [2.24, 2.45) is 5.73 Å². The average molecular weight is 277 g/mol. The van der Waals surface area contributed by atoms with Gasteiger partial charge in [0, 0.05) is 13.1 Å². The Bertz CT molecular complexity index is 436. The third-order valence-electron chi connectivity index (χ3n) is 3.18. The molecule has 1 aliphatic rings. The molecule has 8 nitrogen and oxygen atoms in total. The van der Waals surface area contributed by atoms with Crippen LogP contribution in [0.4, 0.5) is 0 Å². The first kappa shape index (κ1) is 15.7. The van der Waals surface area contributed by atoms with Gasteiger partial charge in [0.05, 0.1) is 12.1 Å². The highest BCUT2D eigenvalue weighted by atomic mass is 16.2. The van der Waals surface area contributed by atoms with Crippen molar-refractivity contribution in [1.82, 2.24) is 15.5 Å². The van der Waals surface area contributed by atoms with Crippen LogP contribution in [-0.2, 0) is 4.79 Å². The molecule has 0 aromatic rings. The van der Waals surface area contributed by atoms with Gasteiger partial charge >= 0.3 is 0 Å². The number of carbonyl (C=O) groups is 1. The van der Waals surface area contributed by atoms with E-state index in [1.807, 2.05) is 0 Å². The van der Waals surface area contributed by atoms with E-state index in [2.05, 4.69) is 16.7 Å². The zero-order chi connectivity index (χ0) is 15.0. The van der Waals surface area contributed by atoms with Crippen molar-refractivity contribution in [3.63, 3.8) is 0 Å². The van der Waals surface area contributed by atoms with E-state index in [4.69, 9.17) is 21.7 Å². The number of nitrogens with two attached hydrogens (primary N) is 1. The minimum atomic E-state index is -0.621. The second-order valence-electron chi connectivity index (χ2n) is 4.61. The second-order valence-corrected chi connectivity index (χ2v) is 4.61. The smallest absolute Gasteiger partial charge is 0.240 e. The third kappa shape index (κ3) is 4.41. The minimum absolute atomic E-state index is 0.0727. The number of amides is 1. The predicted molar refractivity (Wildman–Crippen MR) is 72.0 cm³/mol. The molecule has 1 rings (SSSR count). The van der Waals surface area contributed by atoms with Crippen LogP contribution < -0.4 is 16.4 Å². The van der Waals surface area contributed by atoms with Crippen LogP contribution >= 0.6 is 0 Å². The molecule has 0 bridgehead atoms. The van der Waals surface area contributed by atoms with E-state index in [1.165, 1.54) is 0 Å². The van der Waals surface area contributed by atoms with Crippen molar-refractivity contribution in [2.75, 3.05) is 13.1 Å². The van der Waals surface area contributed by atoms with Crippen LogP contribution in [0.2, 0.25) is 0 Å². The van der Waals surface area contributed by atoms with E-state index in [9.17, 15) is 4.79 Å². The Labute approximate surface area is 118 Å². The molecule has 0 aromatic carbocycles. The summed E-state index contributed by atoms with van der Waals surface area (Å²) < 4.78 is 0. The zero-order valence-electron chi connectivity index (χ0n) is 11.2. The molecule has 1 aliphatic heterocycles. The van der Waals surface area contributed by atoms with Crippen molar-refractivity contribution in [3.05, 3.63) is 0 Å². The van der Waals surface area contributed by atoms with Gasteiger partial charge in [-0.15, -0.1) is 0 Å². The van der Waals surface area contributed by atoms with Crippen LogP contribution in [0.15, 0.2) is 0 Å². The lowest BCUT2D eigenvalue weighted by atomic mass is 10.1. The summed E-state index contributed by atoms with van der Waals surface area (Å²) in [6.45, 7) is 1.05. The molecular formula is C12H19N7O. The normalized spacial score (nSPS) is 18.8. The largest absolute Gasteiger partial charge is 0.356 e. The number of nitriles is 2. The first-order valence-corrected chi connectivity index (χ1v) is 6.53. The van der Waals surface area contributed by atoms with Crippen molar-refractivity contribution in [2.45, 2.75) is 37.8 Å². The van der Waals surface area contributed by atoms with Crippen molar-refractivity contribution in [3.8, 4) is 12.3 Å². The third-order valence-corrected chi connectivity index (χ3v) is 3.18. The maximum Gasteiger partial charge on any atom is 0.240 e. The summed E-state index contributed by atoms with van der Waals surface area (Å²) in [5.74, 6) is -0.254. The molecule has 0 aliphatic carbocycles. The van der Waals surface area contributed by atoms with Gasteiger partial charge in [0.15, 0.2) is 6.19 Å². The van der Waals surface area contributed by atoms with Crippen LogP contribution in [0.25, 0.3) is 0 Å². The molecule has 108 valence electrons. The number of hydrogen-bond donors (Lipinski definition) is 4. The highest BCUT2D eigenvalue weighted by Gasteiger charge is 2.31. The molecule has 8 heteroatoms. The monoisotopic (exact) mass is 277 g/mol. The number of rotatable bonds is 5. The first-order chi connectivity index (χ1) is 9.60. The van der Waals surface area contributed by atoms with Gasteiger partial charge in [-0.3, -0.25) is 15.5 Å². The SMILES string of the molecule is N#CNC(=N)NCCC[C@H](N)C(=O)N1CCC[C@H]1C#N. The fourth-order valence-electron chi connectivity index (χ4n) is 2.14. The molecule has 1 heterocycles. The van der Waals surface area contributed by atoms with E-state index in [1.54, 1.807) is 11.1 Å². The number of likely N-dealkylation sites (tertiary alicyclic amines) is 1. The molecule has 0 aromatic heterocycles. The Morgan fingerprint density at radius 3 is 2.95 bits per heavy atom. The molecule has 20 heavy (non-hydrogen) atoms. The fourth-order valence-corrected chi connectivity index (χ4v) is 2.14. The molecule has 0 unspecified atom stereocenters. The van der Waals surface area contributed by atoms with Crippen molar-refractivity contribution < 1.29 is 4.79 Å². The molecule has 0 spiro atoms. The van der Waals surface area contributed by atoms with Crippen LogP contribution in [0.3, 0.4) is 0 Å². The summed E-state index contributed by atoms with van der Waals surface area (Å²) >= 11 is 0. The van der Waals surface area contributed by atoms with Crippen LogP contribution in [-0.4, -0.2) is 41.9 Å². The van der Waals surface area contributed by atoms with E-state index < -0.39 is 6.04 Å². The van der Waals surface area contributed by atoms with Crippen molar-refractivity contribution in [1.29, 1.82) is 15.9 Å². The number of carbonyl (C=O) groups excluding carboxylic acids is 1. The predicted octanol–water partition coefficient (Wildman–Crippen LogP) is -0.796. The molecule has 2 atom stereocenters. The Morgan fingerprint density at radius 2 is 2.30 bits per heavy atom. The van der Waals surface area contributed by atoms with E-state index in [0.717, 1.165) is 6.42 Å². The lowest BCUT2D eigenvalue weighted by Gasteiger charge is -2.23. The molecule has 1 amide bonds. The highest BCUT2D eigenvalue weighted by Crippen LogP contribution is 2.17. The van der Waals surface area contributed by atoms with Crippen LogP contribution in [0.1, 0.15) is 25.7 Å². The zero-order valence-corrected chi connectivity index (χ0v) is 11.2. The lowest BCUT2D eigenvalue weighted by molar-refractivity contribution is -0.132. The topological polar surface area (TPSA) is 142 Å². The number of guanidine groups is 1. The summed E-state index contributed by atoms with van der Waals surface area (Å²) in [6, 6.07) is 1.15. The molecule has 5 N–H and O–H groups in total. The fraction of sp³-hybridized carbons (Fsp3) is 0.667. The maximum atomic E-state index is 12.1. The molecule has 1 saturated heterocycles. The van der Waals surface area contributed by atoms with Gasteiger partial charge in [0.1, 0.15) is 6.04 Å². The first-order valence-electron chi connectivity index (χ1n) is 6.53. The second kappa shape index (κ2) is 7.97. The van der Waals surface area contributed by atoms with E-state index >= 15 is 0 Å². The van der Waals surface area contributed by atoms with Crippen LogP contribution in [0, 0.1) is 28.2 Å². The average Bonchev–Trinajstić information content (AvgIpc) is 2.91. The standard InChI is InChI=1S/C12H19N7O/c13-7-9-3-2-6-19(9)11(20)10(15)4-1-5-17-12(16)18-8-14/h9-10H,1-6,15H2,(H3,16,17,18)/t9-,10-/m0/s1. The quantitative estimate of drug-likeness (QED) is 0.170. The van der Waals surface area contributed by atoms with Gasteiger partial charge < -0.3 is 16.0 Å². The van der Waals surface area contributed by atoms with Crippen molar-refractivity contribution >= 4 is 11.9 Å². The summed E-state index contributed by atoms with van der Waals surface area (Å²) in [7, 11) is 0. The molecular weight excluding hydrogens is 258 g/mol. The summed E-state index contributed by atoms with van der Waals surface area (Å²) in [5, 5.41) is 29.3. The van der Waals surface area contributed by atoms with Gasteiger partial charge in [-0.05, 0) is 25.7 Å². The van der Waals surface area contributed by atoms with Gasteiger partial charge in [-0.1, -0.05) is 0 Å². The van der Waals surface area contributed by atoms with Gasteiger partial charge in [-0.25, -0.2) is 0 Å². The molecule has 0 radical (unpaired) electrons. The Hall–Kier alpha value is -2.32. The summed E-state index contributed by atoms with van der Waals surface area (Å²) in [5.41, 5.74) is 5.84. The van der Waals surface area contributed by atoms with E-state index in [-0.39, 0.29) is 17.9 Å². The van der Waals surface area contributed by atoms with Crippen LogP contribution in [0.5, 0.6) is 0 Å². The Morgan fingerprint density at radius 1 is 1.55 bits per heavy atom. The highest BCUT2D eigenvalue weighted by molar-refractivity contribution is 5.82. The number of nitrogens with zero attached hydrogens (tertiary/aromatic N) is 3. The van der Waals surface area contributed by atoms with E-state index in [0.29, 0.717) is 32.4 Å². The maximum absolute atomic E-state index is 12.1. The molecule has 1 fully saturated rings. The van der Waals surface area contributed by atoms with Gasteiger partial charge in [0.25, 0.3) is 0 Å². The molecule has 0 saturated carbocycles. The number of hydrogen-bond acceptors (Lipinski definition) is 5. The summed E-state index contributed by atoms with van der Waals surface area (Å²) in [6.07, 6.45) is 4.27. The number of nitrogens with one attached hydrogen (secondary N) is 3. The van der Waals surface area contributed by atoms with Gasteiger partial charge in [0.2, 0.25) is 11.9 Å². The Balaban J connectivity index is 2.27.